The number of nitrogens with zero attached hydrogens (tertiary/aromatic N) is 1. The molecule has 2 rings (SSSR count). The predicted octanol–water partition coefficient (Wildman–Crippen LogP) is 1.66. The number of hydrogen-bond donors (Lipinski definition) is 0. The van der Waals surface area contributed by atoms with Gasteiger partial charge >= 0.3 is 0 Å². The zero-order valence-corrected chi connectivity index (χ0v) is 10.6. The lowest BCUT2D eigenvalue weighted by molar-refractivity contribution is -0.124. The first-order valence-electron chi connectivity index (χ1n) is 5.90. The number of methoxy groups -OCH3 is 2. The average Bonchev–Trinajstić information content (AvgIpc) is 2.85. The number of benzene rings is 1. The Kier molecular flexibility index (Phi) is 4.04. The highest BCUT2D eigenvalue weighted by atomic mass is 16.7. The number of carbonyl (C=O) groups is 1. The van der Waals surface area contributed by atoms with Crippen LogP contribution in [0, 0.1) is 0 Å². The van der Waals surface area contributed by atoms with Gasteiger partial charge in [-0.05, 0) is 12.8 Å². The first-order valence-corrected chi connectivity index (χ1v) is 5.90. The molecule has 0 N–H and O–H groups in total. The number of carbonyl (C=O) groups excluding carboxylic acids is 1. The maximum atomic E-state index is 10.9. The van der Waals surface area contributed by atoms with Crippen molar-refractivity contribution < 1.29 is 19.1 Å². The topological polar surface area (TPSA) is 48.0 Å². The Labute approximate surface area is 106 Å². The Morgan fingerprint density at radius 2 is 1.78 bits per heavy atom. The van der Waals surface area contributed by atoms with E-state index in [2.05, 4.69) is 0 Å². The number of rotatable bonds is 5. The zero-order valence-electron chi connectivity index (χ0n) is 10.6. The highest BCUT2D eigenvalue weighted by Gasteiger charge is 2.26. The van der Waals surface area contributed by atoms with E-state index in [1.165, 1.54) is 0 Å². The van der Waals surface area contributed by atoms with E-state index in [0.29, 0.717) is 17.2 Å². The second-order valence-corrected chi connectivity index (χ2v) is 4.13. The van der Waals surface area contributed by atoms with Crippen molar-refractivity contribution in [2.75, 3.05) is 20.8 Å². The van der Waals surface area contributed by atoms with E-state index in [1.807, 2.05) is 0 Å². The predicted molar refractivity (Wildman–Crippen MR) is 66.0 cm³/mol. The molecule has 1 aromatic carbocycles. The third kappa shape index (κ3) is 2.73. The summed E-state index contributed by atoms with van der Waals surface area (Å²) >= 11 is 0. The van der Waals surface area contributed by atoms with Crippen molar-refractivity contribution in [3.05, 3.63) is 18.2 Å². The minimum absolute atomic E-state index is 0.165. The van der Waals surface area contributed by atoms with E-state index in [9.17, 15) is 4.79 Å². The molecule has 0 aliphatic carbocycles. The maximum Gasteiger partial charge on any atom is 0.154 e. The minimum atomic E-state index is -0.165. The summed E-state index contributed by atoms with van der Waals surface area (Å²) in [7, 11) is 3.17. The van der Waals surface area contributed by atoms with E-state index in [-0.39, 0.29) is 6.04 Å². The summed E-state index contributed by atoms with van der Waals surface area (Å²) in [6, 6.07) is 5.14. The van der Waals surface area contributed by atoms with Gasteiger partial charge in [0.2, 0.25) is 0 Å². The molecular weight excluding hydrogens is 234 g/mol. The average molecular weight is 251 g/mol. The van der Waals surface area contributed by atoms with Gasteiger partial charge in [0.05, 0.1) is 14.2 Å². The lowest BCUT2D eigenvalue weighted by Crippen LogP contribution is -2.33. The number of hydrogen-bond acceptors (Lipinski definition) is 5. The van der Waals surface area contributed by atoms with Gasteiger partial charge in [-0.3, -0.25) is 0 Å². The molecule has 1 aliphatic rings. The molecule has 1 atom stereocenters. The highest BCUT2D eigenvalue weighted by Crippen LogP contribution is 2.29. The Morgan fingerprint density at radius 3 is 2.33 bits per heavy atom. The molecule has 1 aromatic rings. The van der Waals surface area contributed by atoms with Gasteiger partial charge < -0.3 is 19.1 Å². The fraction of sp³-hybridized carbons (Fsp3) is 0.462. The van der Waals surface area contributed by atoms with E-state index in [4.69, 9.17) is 14.3 Å². The summed E-state index contributed by atoms with van der Waals surface area (Å²) in [5.41, 5.74) is 0. The molecule has 5 heteroatoms. The molecule has 1 fully saturated rings. The zero-order chi connectivity index (χ0) is 13.0. The molecule has 1 aliphatic heterocycles. The Balaban J connectivity index is 2.15. The quantitative estimate of drug-likeness (QED) is 0.745. The van der Waals surface area contributed by atoms with Gasteiger partial charge in [0.15, 0.2) is 5.75 Å². The molecule has 5 nitrogen and oxygen atoms in total. The molecule has 0 aromatic heterocycles. The van der Waals surface area contributed by atoms with Crippen LogP contribution in [-0.2, 0) is 4.79 Å². The maximum absolute atomic E-state index is 10.9. The molecule has 1 saturated heterocycles. The molecule has 0 amide bonds. The van der Waals surface area contributed by atoms with Crippen molar-refractivity contribution in [1.29, 1.82) is 0 Å². The van der Waals surface area contributed by atoms with Crippen molar-refractivity contribution >= 4 is 6.29 Å². The molecule has 1 heterocycles. The molecule has 0 bridgehead atoms. The van der Waals surface area contributed by atoms with E-state index in [1.54, 1.807) is 37.5 Å². The van der Waals surface area contributed by atoms with Crippen molar-refractivity contribution in [1.82, 2.24) is 5.06 Å². The fourth-order valence-electron chi connectivity index (χ4n) is 1.98. The van der Waals surface area contributed by atoms with Crippen LogP contribution in [0.2, 0.25) is 0 Å². The standard InChI is InChI=1S/C13H17NO4/c1-16-11-6-12(17-2)8-13(7-11)18-14-5-3-4-10(14)9-15/h6-10H,3-5H2,1-2H3. The minimum Gasteiger partial charge on any atom is -0.496 e. The summed E-state index contributed by atoms with van der Waals surface area (Å²) < 4.78 is 10.3. The lowest BCUT2D eigenvalue weighted by Gasteiger charge is -2.21. The summed E-state index contributed by atoms with van der Waals surface area (Å²) in [5, 5.41) is 1.70. The van der Waals surface area contributed by atoms with Gasteiger partial charge in [0.25, 0.3) is 0 Å². The second-order valence-electron chi connectivity index (χ2n) is 4.13. The van der Waals surface area contributed by atoms with Crippen LogP contribution in [-0.4, -0.2) is 38.2 Å². The largest absolute Gasteiger partial charge is 0.496 e. The van der Waals surface area contributed by atoms with Crippen LogP contribution < -0.4 is 14.3 Å². The van der Waals surface area contributed by atoms with Gasteiger partial charge in [0, 0.05) is 24.7 Å². The lowest BCUT2D eigenvalue weighted by atomic mass is 10.2. The second kappa shape index (κ2) is 5.73. The summed E-state index contributed by atoms with van der Waals surface area (Å²) in [5.74, 6) is 1.93. The SMILES string of the molecule is COc1cc(OC)cc(ON2CCCC2C=O)c1. The van der Waals surface area contributed by atoms with Crippen LogP contribution >= 0.6 is 0 Å². The number of ether oxygens (including phenoxy) is 2. The molecule has 98 valence electrons. The van der Waals surface area contributed by atoms with Gasteiger partial charge in [-0.25, -0.2) is 0 Å². The fourth-order valence-corrected chi connectivity index (χ4v) is 1.98. The van der Waals surface area contributed by atoms with Gasteiger partial charge in [-0.2, -0.15) is 0 Å². The molecule has 0 spiro atoms. The summed E-state index contributed by atoms with van der Waals surface area (Å²) in [6.45, 7) is 0.753. The van der Waals surface area contributed by atoms with Crippen LogP contribution in [0.3, 0.4) is 0 Å². The van der Waals surface area contributed by atoms with E-state index >= 15 is 0 Å². The van der Waals surface area contributed by atoms with Crippen molar-refractivity contribution in [2.24, 2.45) is 0 Å². The molecule has 18 heavy (non-hydrogen) atoms. The molecular formula is C13H17NO4. The van der Waals surface area contributed by atoms with Crippen LogP contribution in [0.4, 0.5) is 0 Å². The first-order chi connectivity index (χ1) is 8.76. The van der Waals surface area contributed by atoms with E-state index in [0.717, 1.165) is 25.7 Å². The number of hydroxylamine groups is 2. The normalized spacial score (nSPS) is 19.6. The van der Waals surface area contributed by atoms with Crippen molar-refractivity contribution in [3.8, 4) is 17.2 Å². The Morgan fingerprint density at radius 1 is 1.17 bits per heavy atom. The summed E-state index contributed by atoms with van der Waals surface area (Å²) in [4.78, 5) is 16.6. The van der Waals surface area contributed by atoms with Crippen LogP contribution in [0.25, 0.3) is 0 Å². The third-order valence-electron chi connectivity index (χ3n) is 2.95. The number of aldehydes is 1. The molecule has 1 unspecified atom stereocenters. The van der Waals surface area contributed by atoms with Gasteiger partial charge in [0.1, 0.15) is 23.8 Å². The van der Waals surface area contributed by atoms with Gasteiger partial charge in [-0.1, -0.05) is 0 Å². The molecule has 0 saturated carbocycles. The smallest absolute Gasteiger partial charge is 0.154 e. The first kappa shape index (κ1) is 12.7. The highest BCUT2D eigenvalue weighted by molar-refractivity contribution is 5.57. The molecule has 0 radical (unpaired) electrons. The van der Waals surface area contributed by atoms with Crippen LogP contribution in [0.15, 0.2) is 18.2 Å². The Hall–Kier alpha value is -1.75. The van der Waals surface area contributed by atoms with E-state index < -0.39 is 0 Å². The summed E-state index contributed by atoms with van der Waals surface area (Å²) in [6.07, 6.45) is 2.72. The Bertz CT molecular complexity index is 399. The van der Waals surface area contributed by atoms with Crippen molar-refractivity contribution in [2.45, 2.75) is 18.9 Å². The third-order valence-corrected chi connectivity index (χ3v) is 2.95. The van der Waals surface area contributed by atoms with Gasteiger partial charge in [-0.15, -0.1) is 5.06 Å². The van der Waals surface area contributed by atoms with Crippen molar-refractivity contribution in [3.63, 3.8) is 0 Å². The van der Waals surface area contributed by atoms with Crippen LogP contribution in [0.1, 0.15) is 12.8 Å². The monoisotopic (exact) mass is 251 g/mol. The van der Waals surface area contributed by atoms with Crippen LogP contribution in [0.5, 0.6) is 17.2 Å².